The maximum Gasteiger partial charge on any atom is 0.231 e. The van der Waals surface area contributed by atoms with Crippen LogP contribution in [0.25, 0.3) is 134 Å². The van der Waals surface area contributed by atoms with Gasteiger partial charge in [-0.1, -0.05) is 194 Å². The Morgan fingerprint density at radius 3 is 1.04 bits per heavy atom. The maximum atomic E-state index is 6.42. The van der Waals surface area contributed by atoms with E-state index in [4.69, 9.17) is 28.8 Å². The fourth-order valence-corrected chi connectivity index (χ4v) is 9.40. The quantitative estimate of drug-likeness (QED) is 0.151. The molecule has 4 heterocycles. The lowest BCUT2D eigenvalue weighted by Crippen LogP contribution is -1.95. The number of rotatable bonds is 8. The molecule has 0 aliphatic carbocycles. The lowest BCUT2D eigenvalue weighted by molar-refractivity contribution is 0.653. The Hall–Kier alpha value is -9.26. The first-order chi connectivity index (χ1) is 33.7. The van der Waals surface area contributed by atoms with Crippen molar-refractivity contribution >= 4 is 44.1 Å². The Bertz CT molecular complexity index is 4030. The summed E-state index contributed by atoms with van der Waals surface area (Å²) in [7, 11) is 0. The summed E-state index contributed by atoms with van der Waals surface area (Å²) < 4.78 is 12.8. The second kappa shape index (κ2) is 16.3. The Kier molecular flexibility index (Phi) is 9.39. The van der Waals surface area contributed by atoms with E-state index in [2.05, 4.69) is 182 Å². The van der Waals surface area contributed by atoms with Gasteiger partial charge in [-0.3, -0.25) is 0 Å². The Morgan fingerprint density at radius 2 is 0.559 bits per heavy atom. The molecule has 68 heavy (non-hydrogen) atoms. The van der Waals surface area contributed by atoms with Crippen molar-refractivity contribution in [2.24, 2.45) is 0 Å². The zero-order valence-corrected chi connectivity index (χ0v) is 36.5. The highest BCUT2D eigenvalue weighted by atomic mass is 16.3. The third-order valence-corrected chi connectivity index (χ3v) is 12.8. The van der Waals surface area contributed by atoms with Crippen LogP contribution >= 0.6 is 0 Å². The Balaban J connectivity index is 0.848. The van der Waals surface area contributed by atoms with Crippen LogP contribution in [0.15, 0.2) is 239 Å². The first kappa shape index (κ1) is 39.1. The summed E-state index contributed by atoms with van der Waals surface area (Å²) in [6.07, 6.45) is 0. The van der Waals surface area contributed by atoms with Gasteiger partial charge in [0.2, 0.25) is 11.4 Å². The molecule has 0 saturated carbocycles. The fourth-order valence-electron chi connectivity index (χ4n) is 9.40. The zero-order chi connectivity index (χ0) is 45.0. The van der Waals surface area contributed by atoms with E-state index in [-0.39, 0.29) is 0 Å². The van der Waals surface area contributed by atoms with Crippen LogP contribution in [0, 0.1) is 0 Å². The van der Waals surface area contributed by atoms with Gasteiger partial charge in [-0.25, -0.2) is 9.97 Å². The molecule has 0 amide bonds. The number of hydrogen-bond acceptors (Lipinski definition) is 6. The SMILES string of the molecule is c1ccc(-c2cccc(-c3nc(-c4ccc(-c5cccc(-c6cccc(-c7nc(-c8cccc(-c9ccccc9)c8)c8c(n7)oc7ccccc78)c6)c5)cc4)nc4oc5ccccc5c34)c2)cc1. The van der Waals surface area contributed by atoms with Crippen LogP contribution in [-0.2, 0) is 0 Å². The van der Waals surface area contributed by atoms with Crippen molar-refractivity contribution in [3.63, 3.8) is 0 Å². The van der Waals surface area contributed by atoms with Gasteiger partial charge in [0, 0.05) is 33.0 Å². The normalized spacial score (nSPS) is 11.5. The highest BCUT2D eigenvalue weighted by Gasteiger charge is 2.21. The van der Waals surface area contributed by atoms with Crippen LogP contribution in [-0.4, -0.2) is 19.9 Å². The van der Waals surface area contributed by atoms with Crippen LogP contribution in [0.2, 0.25) is 0 Å². The van der Waals surface area contributed by atoms with E-state index in [0.29, 0.717) is 23.1 Å². The summed E-state index contributed by atoms with van der Waals surface area (Å²) in [4.78, 5) is 20.6. The Morgan fingerprint density at radius 1 is 0.235 bits per heavy atom. The van der Waals surface area contributed by atoms with Crippen molar-refractivity contribution in [1.82, 2.24) is 19.9 Å². The van der Waals surface area contributed by atoms with Gasteiger partial charge in [0.05, 0.1) is 22.2 Å². The smallest absolute Gasteiger partial charge is 0.231 e. The first-order valence-electron chi connectivity index (χ1n) is 22.7. The Labute approximate surface area is 391 Å². The molecular weight excluding hydrogens is 833 g/mol. The molecule has 6 nitrogen and oxygen atoms in total. The molecule has 4 aromatic heterocycles. The van der Waals surface area contributed by atoms with Gasteiger partial charge in [-0.2, -0.15) is 9.97 Å². The van der Waals surface area contributed by atoms with E-state index < -0.39 is 0 Å². The summed E-state index contributed by atoms with van der Waals surface area (Å²) in [6.45, 7) is 0. The third-order valence-electron chi connectivity index (χ3n) is 12.8. The predicted octanol–water partition coefficient (Wildman–Crippen LogP) is 16.4. The molecule has 318 valence electrons. The molecule has 13 aromatic rings. The van der Waals surface area contributed by atoms with Crippen molar-refractivity contribution in [2.75, 3.05) is 0 Å². The maximum absolute atomic E-state index is 6.42. The summed E-state index contributed by atoms with van der Waals surface area (Å²) in [6, 6.07) is 79.6. The van der Waals surface area contributed by atoms with Gasteiger partial charge < -0.3 is 8.83 Å². The standard InChI is InChI=1S/C62H38N4O2/c1-3-15-39(16-4-1)44-20-12-24-48(36-44)57-55-51-27-7-9-29-53(51)67-61(55)65-59(63-57)42-33-31-41(32-34-42)43-19-11-22-46(35-43)47-23-14-26-50(38-47)60-64-58(56-52-28-8-10-30-54(52)68-62(56)66-60)49-25-13-21-45(37-49)40-17-5-2-6-18-40/h1-38H. The molecule has 0 bridgehead atoms. The minimum atomic E-state index is 0.559. The molecule has 0 radical (unpaired) electrons. The van der Waals surface area contributed by atoms with Crippen LogP contribution in [0.3, 0.4) is 0 Å². The molecule has 0 saturated heterocycles. The van der Waals surface area contributed by atoms with Crippen molar-refractivity contribution in [3.8, 4) is 89.8 Å². The average molecular weight is 871 g/mol. The van der Waals surface area contributed by atoms with Crippen molar-refractivity contribution in [3.05, 3.63) is 231 Å². The molecule has 0 spiro atoms. The molecule has 0 aliphatic rings. The summed E-state index contributed by atoms with van der Waals surface area (Å²) in [5.41, 5.74) is 17.0. The van der Waals surface area contributed by atoms with E-state index in [9.17, 15) is 0 Å². The van der Waals surface area contributed by atoms with E-state index in [0.717, 1.165) is 111 Å². The van der Waals surface area contributed by atoms with Gasteiger partial charge >= 0.3 is 0 Å². The highest BCUT2D eigenvalue weighted by molar-refractivity contribution is 6.12. The molecule has 13 rings (SSSR count). The monoisotopic (exact) mass is 870 g/mol. The van der Waals surface area contributed by atoms with Crippen LogP contribution in [0.4, 0.5) is 0 Å². The molecule has 9 aromatic carbocycles. The molecule has 0 atom stereocenters. The molecule has 0 fully saturated rings. The lowest BCUT2D eigenvalue weighted by Gasteiger charge is -2.11. The van der Waals surface area contributed by atoms with Gasteiger partial charge in [0.25, 0.3) is 0 Å². The minimum absolute atomic E-state index is 0.559. The van der Waals surface area contributed by atoms with Gasteiger partial charge in [0.1, 0.15) is 11.2 Å². The topological polar surface area (TPSA) is 77.8 Å². The van der Waals surface area contributed by atoms with Crippen molar-refractivity contribution in [2.45, 2.75) is 0 Å². The van der Waals surface area contributed by atoms with Crippen LogP contribution in [0.1, 0.15) is 0 Å². The van der Waals surface area contributed by atoms with Crippen molar-refractivity contribution in [1.29, 1.82) is 0 Å². The number of para-hydroxylation sites is 2. The van der Waals surface area contributed by atoms with E-state index in [1.54, 1.807) is 0 Å². The number of aromatic nitrogens is 4. The second-order valence-electron chi connectivity index (χ2n) is 17.0. The second-order valence-corrected chi connectivity index (χ2v) is 17.0. The predicted molar refractivity (Wildman–Crippen MR) is 276 cm³/mol. The molecule has 6 heteroatoms. The van der Waals surface area contributed by atoms with Gasteiger partial charge in [-0.15, -0.1) is 0 Å². The highest BCUT2D eigenvalue weighted by Crippen LogP contribution is 2.40. The van der Waals surface area contributed by atoms with Gasteiger partial charge in [-0.05, 0) is 80.9 Å². The van der Waals surface area contributed by atoms with Crippen LogP contribution in [0.5, 0.6) is 0 Å². The fraction of sp³-hybridized carbons (Fsp3) is 0. The minimum Gasteiger partial charge on any atom is -0.438 e. The largest absolute Gasteiger partial charge is 0.438 e. The number of nitrogens with zero attached hydrogens (tertiary/aromatic N) is 4. The number of furan rings is 2. The van der Waals surface area contributed by atoms with Gasteiger partial charge in [0.15, 0.2) is 11.6 Å². The van der Waals surface area contributed by atoms with E-state index >= 15 is 0 Å². The number of benzene rings is 9. The summed E-state index contributed by atoms with van der Waals surface area (Å²) in [5.74, 6) is 1.20. The molecule has 0 unspecified atom stereocenters. The summed E-state index contributed by atoms with van der Waals surface area (Å²) >= 11 is 0. The molecule has 0 N–H and O–H groups in total. The van der Waals surface area contributed by atoms with Crippen molar-refractivity contribution < 1.29 is 8.83 Å². The number of hydrogen-bond donors (Lipinski definition) is 0. The average Bonchev–Trinajstić information content (AvgIpc) is 4.00. The molecule has 0 aliphatic heterocycles. The molecular formula is C62H38N4O2. The van der Waals surface area contributed by atoms with E-state index in [1.165, 1.54) is 0 Å². The van der Waals surface area contributed by atoms with E-state index in [1.807, 2.05) is 48.5 Å². The lowest BCUT2D eigenvalue weighted by atomic mass is 9.97. The summed E-state index contributed by atoms with van der Waals surface area (Å²) in [5, 5.41) is 3.79. The first-order valence-corrected chi connectivity index (χ1v) is 22.7. The third kappa shape index (κ3) is 7.00. The zero-order valence-electron chi connectivity index (χ0n) is 36.5. The number of fused-ring (bicyclic) bond motifs is 6. The van der Waals surface area contributed by atoms with Crippen LogP contribution < -0.4 is 0 Å².